The Hall–Kier alpha value is -1.47. The lowest BCUT2D eigenvalue weighted by Gasteiger charge is -2.34. The number of hydrogen-bond acceptors (Lipinski definition) is 6. The maximum Gasteiger partial charge on any atom is 0.159 e. The quantitative estimate of drug-likeness (QED) is 0.635. The summed E-state index contributed by atoms with van der Waals surface area (Å²) < 4.78 is 8.87. The first kappa shape index (κ1) is 22.2. The third kappa shape index (κ3) is 6.01. The average molecular weight is 415 g/mol. The van der Waals surface area contributed by atoms with Crippen LogP contribution in [0.15, 0.2) is 30.6 Å². The average Bonchev–Trinajstić information content (AvgIpc) is 2.71. The summed E-state index contributed by atoms with van der Waals surface area (Å²) in [6.45, 7) is 12.4. The third-order valence-electron chi connectivity index (χ3n) is 5.93. The number of likely N-dealkylation sites (tertiary alicyclic amines) is 1. The largest absolute Gasteiger partial charge is 0.373 e. The number of nitrogens with one attached hydrogen (secondary N) is 1. The van der Waals surface area contributed by atoms with E-state index in [1.165, 1.54) is 16.7 Å². The minimum atomic E-state index is 0.174. The molecule has 0 radical (unpaired) electrons. The van der Waals surface area contributed by atoms with Gasteiger partial charge in [-0.05, 0) is 76.2 Å². The molecule has 1 aliphatic heterocycles. The van der Waals surface area contributed by atoms with Crippen LogP contribution in [0, 0.1) is 13.8 Å². The topological polar surface area (TPSA) is 50.3 Å². The van der Waals surface area contributed by atoms with E-state index in [1.807, 2.05) is 12.4 Å². The molecular weight excluding hydrogens is 380 g/mol. The van der Waals surface area contributed by atoms with Crippen LogP contribution in [0.5, 0.6) is 0 Å². The molecule has 1 aromatic carbocycles. The Morgan fingerprint density at radius 1 is 1.14 bits per heavy atom. The molecule has 0 saturated carbocycles. The molecule has 0 spiro atoms. The van der Waals surface area contributed by atoms with E-state index in [0.29, 0.717) is 5.92 Å². The Morgan fingerprint density at radius 3 is 2.48 bits per heavy atom. The van der Waals surface area contributed by atoms with E-state index in [4.69, 9.17) is 4.74 Å². The molecule has 2 heterocycles. The number of benzene rings is 1. The standard InChI is InChI=1S/C23H34N4OS/c1-16-6-5-7-22(19(16)4)23-24-13-21(14-25-23)20-8-10-27(11-9-20)15-18(3)28-17(2)12-26-29/h5-7,13-14,17-18,20,26,29H,8-12,15H2,1-4H3. The summed E-state index contributed by atoms with van der Waals surface area (Å²) in [6, 6.07) is 6.31. The van der Waals surface area contributed by atoms with Crippen LogP contribution in [-0.4, -0.2) is 53.3 Å². The number of piperidine rings is 1. The van der Waals surface area contributed by atoms with Gasteiger partial charge in [0.1, 0.15) is 0 Å². The first-order valence-electron chi connectivity index (χ1n) is 10.6. The smallest absolute Gasteiger partial charge is 0.159 e. The van der Waals surface area contributed by atoms with E-state index in [9.17, 15) is 0 Å². The fourth-order valence-electron chi connectivity index (χ4n) is 4.11. The first-order valence-corrected chi connectivity index (χ1v) is 11.1. The molecule has 0 amide bonds. The fourth-order valence-corrected chi connectivity index (χ4v) is 4.37. The monoisotopic (exact) mass is 414 g/mol. The Labute approximate surface area is 180 Å². The molecule has 2 aromatic rings. The third-order valence-corrected chi connectivity index (χ3v) is 6.12. The number of thiol groups is 1. The maximum atomic E-state index is 6.01. The molecule has 1 aromatic heterocycles. The van der Waals surface area contributed by atoms with Crippen LogP contribution in [0.2, 0.25) is 0 Å². The normalized spacial score (nSPS) is 18.0. The highest BCUT2D eigenvalue weighted by Crippen LogP contribution is 2.29. The van der Waals surface area contributed by atoms with Crippen molar-refractivity contribution < 1.29 is 4.74 Å². The van der Waals surface area contributed by atoms with Gasteiger partial charge in [0, 0.05) is 31.0 Å². The molecule has 1 fully saturated rings. The lowest BCUT2D eigenvalue weighted by molar-refractivity contribution is -0.0104. The van der Waals surface area contributed by atoms with Gasteiger partial charge in [-0.1, -0.05) is 31.0 Å². The van der Waals surface area contributed by atoms with Gasteiger partial charge < -0.3 is 9.64 Å². The summed E-state index contributed by atoms with van der Waals surface area (Å²) >= 11 is 4.04. The Morgan fingerprint density at radius 2 is 1.83 bits per heavy atom. The van der Waals surface area contributed by atoms with E-state index >= 15 is 0 Å². The van der Waals surface area contributed by atoms with Gasteiger partial charge in [-0.15, -0.1) is 0 Å². The zero-order valence-electron chi connectivity index (χ0n) is 18.1. The Balaban J connectivity index is 1.53. The Kier molecular flexibility index (Phi) is 8.07. The minimum absolute atomic E-state index is 0.174. The lowest BCUT2D eigenvalue weighted by Crippen LogP contribution is -2.40. The number of rotatable bonds is 8. The van der Waals surface area contributed by atoms with Gasteiger partial charge in [-0.3, -0.25) is 4.72 Å². The second kappa shape index (κ2) is 10.5. The van der Waals surface area contributed by atoms with Crippen molar-refractivity contribution in [2.24, 2.45) is 0 Å². The molecule has 1 aliphatic rings. The predicted molar refractivity (Wildman–Crippen MR) is 122 cm³/mol. The highest BCUT2D eigenvalue weighted by atomic mass is 32.1. The molecule has 6 heteroatoms. The van der Waals surface area contributed by atoms with Gasteiger partial charge in [-0.25, -0.2) is 9.97 Å². The van der Waals surface area contributed by atoms with Crippen molar-refractivity contribution in [3.8, 4) is 11.4 Å². The molecule has 0 aliphatic carbocycles. The van der Waals surface area contributed by atoms with Gasteiger partial charge in [0.25, 0.3) is 0 Å². The van der Waals surface area contributed by atoms with Gasteiger partial charge in [0.2, 0.25) is 0 Å². The lowest BCUT2D eigenvalue weighted by atomic mass is 9.91. The molecule has 29 heavy (non-hydrogen) atoms. The zero-order chi connectivity index (χ0) is 20.8. The minimum Gasteiger partial charge on any atom is -0.373 e. The second-order valence-corrected chi connectivity index (χ2v) is 8.60. The highest BCUT2D eigenvalue weighted by Gasteiger charge is 2.23. The van der Waals surface area contributed by atoms with Crippen molar-refractivity contribution >= 4 is 12.8 Å². The number of aryl methyl sites for hydroxylation is 1. The summed E-state index contributed by atoms with van der Waals surface area (Å²) in [5, 5.41) is 0. The molecule has 0 bridgehead atoms. The molecule has 1 N–H and O–H groups in total. The van der Waals surface area contributed by atoms with E-state index < -0.39 is 0 Å². The SMILES string of the molecule is Cc1cccc(-c2ncc(C3CCN(CC(C)OC(C)CNS)CC3)cn2)c1C. The molecule has 1 saturated heterocycles. The summed E-state index contributed by atoms with van der Waals surface area (Å²) in [6.07, 6.45) is 6.75. The van der Waals surface area contributed by atoms with Crippen molar-refractivity contribution in [2.45, 2.75) is 58.7 Å². The van der Waals surface area contributed by atoms with E-state index in [-0.39, 0.29) is 12.2 Å². The molecule has 2 atom stereocenters. The second-order valence-electron chi connectivity index (χ2n) is 8.28. The zero-order valence-corrected chi connectivity index (χ0v) is 19.0. The fraction of sp³-hybridized carbons (Fsp3) is 0.565. The predicted octanol–water partition coefficient (Wildman–Crippen LogP) is 4.17. The van der Waals surface area contributed by atoms with Gasteiger partial charge in [0.15, 0.2) is 5.82 Å². The van der Waals surface area contributed by atoms with Crippen LogP contribution in [0.25, 0.3) is 11.4 Å². The van der Waals surface area contributed by atoms with Crippen LogP contribution >= 0.6 is 12.8 Å². The van der Waals surface area contributed by atoms with Crippen molar-refractivity contribution in [2.75, 3.05) is 26.2 Å². The summed E-state index contributed by atoms with van der Waals surface area (Å²) in [5.74, 6) is 1.37. The van der Waals surface area contributed by atoms with Crippen LogP contribution in [0.1, 0.15) is 49.3 Å². The van der Waals surface area contributed by atoms with E-state index in [2.05, 4.69) is 78.3 Å². The maximum absolute atomic E-state index is 6.01. The van der Waals surface area contributed by atoms with Crippen LogP contribution in [0.4, 0.5) is 0 Å². The van der Waals surface area contributed by atoms with Crippen molar-refractivity contribution in [1.29, 1.82) is 0 Å². The number of hydrogen-bond donors (Lipinski definition) is 2. The van der Waals surface area contributed by atoms with Crippen LogP contribution in [0.3, 0.4) is 0 Å². The summed E-state index contributed by atoms with van der Waals surface area (Å²) in [5.41, 5.74) is 4.92. The van der Waals surface area contributed by atoms with Crippen LogP contribution < -0.4 is 4.72 Å². The van der Waals surface area contributed by atoms with Crippen molar-refractivity contribution in [3.05, 3.63) is 47.3 Å². The molecule has 2 unspecified atom stereocenters. The van der Waals surface area contributed by atoms with E-state index in [0.717, 1.165) is 50.4 Å². The number of ether oxygens (including phenoxy) is 1. The summed E-state index contributed by atoms with van der Waals surface area (Å²) in [7, 11) is 0. The van der Waals surface area contributed by atoms with Crippen molar-refractivity contribution in [1.82, 2.24) is 19.6 Å². The van der Waals surface area contributed by atoms with Gasteiger partial charge in [0.05, 0.1) is 12.2 Å². The Bertz CT molecular complexity index is 775. The number of nitrogens with zero attached hydrogens (tertiary/aromatic N) is 3. The first-order chi connectivity index (χ1) is 14.0. The highest BCUT2D eigenvalue weighted by molar-refractivity contribution is 7.78. The molecule has 5 nitrogen and oxygen atoms in total. The molecular formula is C23H34N4OS. The van der Waals surface area contributed by atoms with Crippen molar-refractivity contribution in [3.63, 3.8) is 0 Å². The van der Waals surface area contributed by atoms with Gasteiger partial charge in [-0.2, -0.15) is 0 Å². The van der Waals surface area contributed by atoms with E-state index in [1.54, 1.807) is 0 Å². The summed E-state index contributed by atoms with van der Waals surface area (Å²) in [4.78, 5) is 11.9. The molecule has 3 rings (SSSR count). The number of aromatic nitrogens is 2. The van der Waals surface area contributed by atoms with Gasteiger partial charge >= 0.3 is 0 Å². The van der Waals surface area contributed by atoms with Crippen LogP contribution in [-0.2, 0) is 4.74 Å². The molecule has 158 valence electrons.